The third-order valence-electron chi connectivity index (χ3n) is 3.06. The lowest BCUT2D eigenvalue weighted by Gasteiger charge is -2.14. The highest BCUT2D eigenvalue weighted by Gasteiger charge is 2.13. The lowest BCUT2D eigenvalue weighted by molar-refractivity contribution is -0.384. The Balaban J connectivity index is 2.20. The lowest BCUT2D eigenvalue weighted by atomic mass is 10.2. The number of nitro groups is 1. The molecule has 1 aromatic heterocycles. The molecule has 1 heterocycles. The Bertz CT molecular complexity index is 596. The number of nitrogens with one attached hydrogen (secondary N) is 2. The van der Waals surface area contributed by atoms with Gasteiger partial charge in [-0.15, -0.1) is 0 Å². The van der Waals surface area contributed by atoms with Crippen molar-refractivity contribution in [1.82, 2.24) is 0 Å². The number of rotatable bonds is 7. The van der Waals surface area contributed by atoms with Gasteiger partial charge in [0, 0.05) is 30.1 Å². The van der Waals surface area contributed by atoms with Crippen LogP contribution in [0.1, 0.15) is 32.1 Å². The van der Waals surface area contributed by atoms with Gasteiger partial charge in [-0.3, -0.25) is 10.1 Å². The van der Waals surface area contributed by atoms with E-state index in [2.05, 4.69) is 10.6 Å². The first-order chi connectivity index (χ1) is 10.1. The quantitative estimate of drug-likeness (QED) is 0.590. The van der Waals surface area contributed by atoms with Crippen LogP contribution in [0.2, 0.25) is 0 Å². The van der Waals surface area contributed by atoms with Crippen LogP contribution >= 0.6 is 0 Å². The SMILES string of the molecule is CCCNc1cc(NC(C)c2ccco2)cc([N+](=O)[O-])c1. The minimum Gasteiger partial charge on any atom is -0.467 e. The maximum absolute atomic E-state index is 11.0. The Morgan fingerprint density at radius 3 is 2.71 bits per heavy atom. The Hall–Kier alpha value is -2.50. The van der Waals surface area contributed by atoms with Gasteiger partial charge in [0.15, 0.2) is 0 Å². The molecule has 2 rings (SSSR count). The molecule has 21 heavy (non-hydrogen) atoms. The van der Waals surface area contributed by atoms with E-state index in [-0.39, 0.29) is 16.7 Å². The second-order valence-corrected chi connectivity index (χ2v) is 4.83. The molecule has 0 spiro atoms. The molecule has 0 fully saturated rings. The van der Waals surface area contributed by atoms with E-state index in [1.807, 2.05) is 32.0 Å². The molecule has 1 aromatic carbocycles. The van der Waals surface area contributed by atoms with Crippen molar-refractivity contribution >= 4 is 17.1 Å². The molecule has 0 saturated heterocycles. The number of benzene rings is 1. The van der Waals surface area contributed by atoms with Crippen LogP contribution in [-0.4, -0.2) is 11.5 Å². The summed E-state index contributed by atoms with van der Waals surface area (Å²) < 4.78 is 5.33. The first kappa shape index (κ1) is 14.9. The predicted octanol–water partition coefficient (Wildman–Crippen LogP) is 4.18. The number of nitrogens with zero attached hydrogens (tertiary/aromatic N) is 1. The van der Waals surface area contributed by atoms with E-state index in [0.29, 0.717) is 5.69 Å². The normalized spacial score (nSPS) is 11.9. The van der Waals surface area contributed by atoms with Crippen LogP contribution in [0.4, 0.5) is 17.1 Å². The summed E-state index contributed by atoms with van der Waals surface area (Å²) in [4.78, 5) is 10.6. The fourth-order valence-corrected chi connectivity index (χ4v) is 2.03. The number of non-ortho nitro benzene ring substituents is 1. The molecule has 1 unspecified atom stereocenters. The predicted molar refractivity (Wildman–Crippen MR) is 82.6 cm³/mol. The van der Waals surface area contributed by atoms with Crippen molar-refractivity contribution in [2.75, 3.05) is 17.2 Å². The largest absolute Gasteiger partial charge is 0.467 e. The molecule has 0 aliphatic rings. The highest BCUT2D eigenvalue weighted by molar-refractivity contribution is 5.63. The van der Waals surface area contributed by atoms with Gasteiger partial charge in [-0.25, -0.2) is 0 Å². The summed E-state index contributed by atoms with van der Waals surface area (Å²) in [5.74, 6) is 0.782. The zero-order valence-corrected chi connectivity index (χ0v) is 12.1. The molecule has 2 N–H and O–H groups in total. The Morgan fingerprint density at radius 1 is 1.33 bits per heavy atom. The van der Waals surface area contributed by atoms with Crippen LogP contribution in [0.25, 0.3) is 0 Å². The van der Waals surface area contributed by atoms with Gasteiger partial charge in [0.2, 0.25) is 0 Å². The molecule has 0 aliphatic carbocycles. The number of furan rings is 1. The summed E-state index contributed by atoms with van der Waals surface area (Å²) >= 11 is 0. The third kappa shape index (κ3) is 3.98. The summed E-state index contributed by atoms with van der Waals surface area (Å²) in [6.07, 6.45) is 2.56. The minimum absolute atomic E-state index is 0.0604. The van der Waals surface area contributed by atoms with Crippen molar-refractivity contribution in [3.05, 3.63) is 52.5 Å². The molecule has 0 saturated carbocycles. The highest BCUT2D eigenvalue weighted by Crippen LogP contribution is 2.27. The van der Waals surface area contributed by atoms with Gasteiger partial charge in [0.1, 0.15) is 5.76 Å². The van der Waals surface area contributed by atoms with Gasteiger partial charge in [-0.1, -0.05) is 6.92 Å². The van der Waals surface area contributed by atoms with E-state index in [1.165, 1.54) is 6.07 Å². The van der Waals surface area contributed by atoms with Crippen LogP contribution in [0.5, 0.6) is 0 Å². The van der Waals surface area contributed by atoms with Crippen molar-refractivity contribution in [2.45, 2.75) is 26.3 Å². The molecule has 2 aromatic rings. The first-order valence-corrected chi connectivity index (χ1v) is 6.93. The summed E-state index contributed by atoms with van der Waals surface area (Å²) in [6.45, 7) is 4.76. The topological polar surface area (TPSA) is 80.3 Å². The molecule has 0 bridgehead atoms. The second kappa shape index (κ2) is 6.78. The van der Waals surface area contributed by atoms with Gasteiger partial charge < -0.3 is 15.1 Å². The Labute approximate surface area is 123 Å². The van der Waals surface area contributed by atoms with Crippen LogP contribution < -0.4 is 10.6 Å². The fraction of sp³-hybridized carbons (Fsp3) is 0.333. The number of hydrogen-bond acceptors (Lipinski definition) is 5. The Kier molecular flexibility index (Phi) is 4.81. The molecule has 112 valence electrons. The van der Waals surface area contributed by atoms with E-state index < -0.39 is 0 Å². The molecule has 1 atom stereocenters. The van der Waals surface area contributed by atoms with E-state index in [4.69, 9.17) is 4.42 Å². The average Bonchev–Trinajstić information content (AvgIpc) is 2.99. The van der Waals surface area contributed by atoms with Crippen LogP contribution in [-0.2, 0) is 0 Å². The van der Waals surface area contributed by atoms with Gasteiger partial charge >= 0.3 is 0 Å². The van der Waals surface area contributed by atoms with Gasteiger partial charge in [0.25, 0.3) is 5.69 Å². The monoisotopic (exact) mass is 289 g/mol. The summed E-state index contributed by atoms with van der Waals surface area (Å²) in [7, 11) is 0. The van der Waals surface area contributed by atoms with E-state index in [1.54, 1.807) is 12.3 Å². The molecule has 6 heteroatoms. The first-order valence-electron chi connectivity index (χ1n) is 6.93. The maximum atomic E-state index is 11.0. The van der Waals surface area contributed by atoms with E-state index in [0.717, 1.165) is 24.4 Å². The summed E-state index contributed by atoms with van der Waals surface area (Å²) in [6, 6.07) is 8.54. The van der Waals surface area contributed by atoms with E-state index >= 15 is 0 Å². The van der Waals surface area contributed by atoms with Crippen molar-refractivity contribution in [1.29, 1.82) is 0 Å². The number of hydrogen-bond donors (Lipinski definition) is 2. The van der Waals surface area contributed by atoms with Gasteiger partial charge in [0.05, 0.1) is 17.2 Å². The molecular formula is C15H19N3O3. The van der Waals surface area contributed by atoms with E-state index in [9.17, 15) is 10.1 Å². The van der Waals surface area contributed by atoms with Crippen molar-refractivity contribution in [2.24, 2.45) is 0 Å². The average molecular weight is 289 g/mol. The zero-order valence-electron chi connectivity index (χ0n) is 12.1. The maximum Gasteiger partial charge on any atom is 0.273 e. The van der Waals surface area contributed by atoms with Crippen LogP contribution in [0, 0.1) is 10.1 Å². The zero-order chi connectivity index (χ0) is 15.2. The van der Waals surface area contributed by atoms with Crippen LogP contribution in [0.15, 0.2) is 41.0 Å². The van der Waals surface area contributed by atoms with Crippen molar-refractivity contribution in [3.63, 3.8) is 0 Å². The highest BCUT2D eigenvalue weighted by atomic mass is 16.6. The molecule has 0 radical (unpaired) electrons. The standard InChI is InChI=1S/C15H19N3O3/c1-3-6-16-12-8-13(10-14(9-12)18(19)20)17-11(2)15-5-4-7-21-15/h4-5,7-11,16-17H,3,6H2,1-2H3. The molecular weight excluding hydrogens is 270 g/mol. The Morgan fingerprint density at radius 2 is 2.10 bits per heavy atom. The third-order valence-corrected chi connectivity index (χ3v) is 3.06. The van der Waals surface area contributed by atoms with Gasteiger partial charge in [-0.05, 0) is 31.5 Å². The lowest BCUT2D eigenvalue weighted by Crippen LogP contribution is -2.07. The molecule has 0 aliphatic heterocycles. The summed E-state index contributed by atoms with van der Waals surface area (Å²) in [5, 5.41) is 17.4. The van der Waals surface area contributed by atoms with Gasteiger partial charge in [-0.2, -0.15) is 0 Å². The minimum atomic E-state index is -0.389. The molecule has 0 amide bonds. The van der Waals surface area contributed by atoms with Crippen molar-refractivity contribution in [3.8, 4) is 0 Å². The number of nitro benzene ring substituents is 1. The summed E-state index contributed by atoms with van der Waals surface area (Å²) in [5.41, 5.74) is 1.48. The number of anilines is 2. The smallest absolute Gasteiger partial charge is 0.273 e. The van der Waals surface area contributed by atoms with Crippen molar-refractivity contribution < 1.29 is 9.34 Å². The van der Waals surface area contributed by atoms with Crippen LogP contribution in [0.3, 0.4) is 0 Å². The second-order valence-electron chi connectivity index (χ2n) is 4.83. The fourth-order valence-electron chi connectivity index (χ4n) is 2.03. The molecule has 6 nitrogen and oxygen atoms in total.